The fourth-order valence-electron chi connectivity index (χ4n) is 4.05. The molecule has 1 N–H and O–H groups in total. The number of ether oxygens (including phenoxy) is 2. The van der Waals surface area contributed by atoms with E-state index in [1.54, 1.807) is 13.0 Å². The summed E-state index contributed by atoms with van der Waals surface area (Å²) >= 11 is 1.30. The molecule has 1 saturated heterocycles. The molecule has 3 amide bonds. The van der Waals surface area contributed by atoms with Crippen LogP contribution in [-0.4, -0.2) is 46.9 Å². The maximum atomic E-state index is 12.8. The third-order valence-electron chi connectivity index (χ3n) is 5.59. The number of benzene rings is 1. The molecule has 0 saturated carbocycles. The van der Waals surface area contributed by atoms with Crippen molar-refractivity contribution in [3.63, 3.8) is 0 Å². The summed E-state index contributed by atoms with van der Waals surface area (Å²) in [5, 5.41) is 3.15. The zero-order valence-corrected chi connectivity index (χ0v) is 16.5. The van der Waals surface area contributed by atoms with E-state index in [0.29, 0.717) is 48.2 Å². The fourth-order valence-corrected chi connectivity index (χ4v) is 4.93. The van der Waals surface area contributed by atoms with Crippen LogP contribution in [0, 0.1) is 11.8 Å². The quantitative estimate of drug-likeness (QED) is 0.613. The van der Waals surface area contributed by atoms with Crippen molar-refractivity contribution in [2.75, 3.05) is 18.5 Å². The molecule has 1 fully saturated rings. The third-order valence-corrected chi connectivity index (χ3v) is 6.52. The van der Waals surface area contributed by atoms with Gasteiger partial charge in [-0.25, -0.2) is 4.98 Å². The van der Waals surface area contributed by atoms with Gasteiger partial charge in [-0.1, -0.05) is 23.5 Å². The highest BCUT2D eigenvalue weighted by atomic mass is 32.1. The van der Waals surface area contributed by atoms with Crippen LogP contribution < -0.4 is 14.8 Å². The number of hydrogen-bond acceptors (Lipinski definition) is 7. The Morgan fingerprint density at radius 3 is 2.41 bits per heavy atom. The second-order valence-corrected chi connectivity index (χ2v) is 8.38. The number of carbonyl (C=O) groups is 3. The Morgan fingerprint density at radius 1 is 1.14 bits per heavy atom. The van der Waals surface area contributed by atoms with Crippen molar-refractivity contribution in [1.29, 1.82) is 0 Å². The normalized spacial score (nSPS) is 24.0. The summed E-state index contributed by atoms with van der Waals surface area (Å²) in [6.07, 6.45) is 4.95. The standard InChI is InChI=1S/C20H19N3O5S/c1-10(23-18(25)11-4-2-3-5-12(11)19(23)26)17(24)22-20-21-13-8-14-15(9-16(13)29-20)28-7-6-27-14/h2-3,8-12H,4-7H2,1H3,(H,21,22,24). The molecule has 5 rings (SSSR count). The van der Waals surface area contributed by atoms with Gasteiger partial charge in [0.2, 0.25) is 17.7 Å². The summed E-state index contributed by atoms with van der Waals surface area (Å²) in [4.78, 5) is 43.7. The number of anilines is 1. The van der Waals surface area contributed by atoms with Crippen LogP contribution in [-0.2, 0) is 14.4 Å². The molecule has 1 aliphatic carbocycles. The number of fused-ring (bicyclic) bond motifs is 3. The summed E-state index contributed by atoms with van der Waals surface area (Å²) in [6.45, 7) is 2.55. The lowest BCUT2D eigenvalue weighted by atomic mass is 9.85. The summed E-state index contributed by atoms with van der Waals surface area (Å²) in [6, 6.07) is 2.73. The van der Waals surface area contributed by atoms with Gasteiger partial charge in [-0.3, -0.25) is 19.3 Å². The Hall–Kier alpha value is -2.94. The van der Waals surface area contributed by atoms with Crippen LogP contribution in [0.2, 0.25) is 0 Å². The highest BCUT2D eigenvalue weighted by Crippen LogP contribution is 2.39. The van der Waals surface area contributed by atoms with Crippen LogP contribution in [0.3, 0.4) is 0 Å². The summed E-state index contributed by atoms with van der Waals surface area (Å²) < 4.78 is 12.0. The van der Waals surface area contributed by atoms with E-state index in [1.165, 1.54) is 11.3 Å². The van der Waals surface area contributed by atoms with Crippen molar-refractivity contribution in [1.82, 2.24) is 9.88 Å². The molecule has 1 aromatic heterocycles. The molecule has 3 unspecified atom stereocenters. The van der Waals surface area contributed by atoms with Gasteiger partial charge in [-0.2, -0.15) is 0 Å². The van der Waals surface area contributed by atoms with Crippen molar-refractivity contribution < 1.29 is 23.9 Å². The number of likely N-dealkylation sites (tertiary alicyclic amines) is 1. The maximum absolute atomic E-state index is 12.8. The molecule has 1 aromatic carbocycles. The van der Waals surface area contributed by atoms with Crippen LogP contribution in [0.5, 0.6) is 11.5 Å². The average molecular weight is 413 g/mol. The first-order chi connectivity index (χ1) is 14.0. The monoisotopic (exact) mass is 413 g/mol. The van der Waals surface area contributed by atoms with Crippen molar-refractivity contribution in [2.24, 2.45) is 11.8 Å². The molecule has 8 nitrogen and oxygen atoms in total. The first-order valence-corrected chi connectivity index (χ1v) is 10.4. The topological polar surface area (TPSA) is 97.8 Å². The second-order valence-electron chi connectivity index (χ2n) is 7.35. The lowest BCUT2D eigenvalue weighted by molar-refractivity contribution is -0.146. The zero-order valence-electron chi connectivity index (χ0n) is 15.7. The van der Waals surface area contributed by atoms with E-state index < -0.39 is 11.9 Å². The SMILES string of the molecule is CC(C(=O)Nc1nc2cc3c(cc2s1)OCCO3)N1C(=O)C2CC=CCC2C1=O. The summed E-state index contributed by atoms with van der Waals surface area (Å²) in [7, 11) is 0. The summed E-state index contributed by atoms with van der Waals surface area (Å²) in [5.74, 6) is -0.382. The first-order valence-electron chi connectivity index (χ1n) is 9.56. The van der Waals surface area contributed by atoms with Gasteiger partial charge in [0.1, 0.15) is 19.3 Å². The number of carbonyl (C=O) groups excluding carboxylic acids is 3. The van der Waals surface area contributed by atoms with Gasteiger partial charge in [-0.05, 0) is 19.8 Å². The number of aromatic nitrogens is 1. The lowest BCUT2D eigenvalue weighted by Gasteiger charge is -2.21. The minimum Gasteiger partial charge on any atom is -0.486 e. The summed E-state index contributed by atoms with van der Waals surface area (Å²) in [5.41, 5.74) is 0.688. The van der Waals surface area contributed by atoms with E-state index in [-0.39, 0.29) is 23.7 Å². The first kappa shape index (κ1) is 18.1. The van der Waals surface area contributed by atoms with Gasteiger partial charge in [0.25, 0.3) is 0 Å². The number of imide groups is 1. The Labute approximate surface area is 170 Å². The highest BCUT2D eigenvalue weighted by molar-refractivity contribution is 7.22. The highest BCUT2D eigenvalue weighted by Gasteiger charge is 2.50. The molecule has 2 aliphatic heterocycles. The fraction of sp³-hybridized carbons (Fsp3) is 0.400. The number of allylic oxidation sites excluding steroid dienone is 2. The second kappa shape index (κ2) is 6.84. The van der Waals surface area contributed by atoms with Gasteiger partial charge in [-0.15, -0.1) is 0 Å². The Bertz CT molecular complexity index is 993. The van der Waals surface area contributed by atoms with Crippen LogP contribution in [0.15, 0.2) is 24.3 Å². The van der Waals surface area contributed by atoms with E-state index in [4.69, 9.17) is 9.47 Å². The van der Waals surface area contributed by atoms with E-state index in [0.717, 1.165) is 9.60 Å². The van der Waals surface area contributed by atoms with Gasteiger partial charge >= 0.3 is 0 Å². The van der Waals surface area contributed by atoms with Gasteiger partial charge in [0.15, 0.2) is 16.6 Å². The molecule has 9 heteroatoms. The Kier molecular flexibility index (Phi) is 4.27. The van der Waals surface area contributed by atoms with E-state index >= 15 is 0 Å². The number of amides is 3. The molecule has 150 valence electrons. The zero-order chi connectivity index (χ0) is 20.1. The predicted molar refractivity (Wildman–Crippen MR) is 106 cm³/mol. The number of nitrogens with zero attached hydrogens (tertiary/aromatic N) is 2. The molecule has 3 heterocycles. The molecule has 3 aliphatic rings. The number of hydrogen-bond donors (Lipinski definition) is 1. The molecule has 3 atom stereocenters. The minimum atomic E-state index is -0.896. The molecule has 29 heavy (non-hydrogen) atoms. The van der Waals surface area contributed by atoms with E-state index in [9.17, 15) is 14.4 Å². The third kappa shape index (κ3) is 2.96. The molecule has 0 bridgehead atoms. The van der Waals surface area contributed by atoms with Crippen LogP contribution in [0.1, 0.15) is 19.8 Å². The largest absolute Gasteiger partial charge is 0.486 e. The molecule has 2 aromatic rings. The lowest BCUT2D eigenvalue weighted by Crippen LogP contribution is -2.46. The van der Waals surface area contributed by atoms with Crippen molar-refractivity contribution in [3.05, 3.63) is 24.3 Å². The van der Waals surface area contributed by atoms with Gasteiger partial charge in [0.05, 0.1) is 22.1 Å². The van der Waals surface area contributed by atoms with Crippen LogP contribution in [0.25, 0.3) is 10.2 Å². The maximum Gasteiger partial charge on any atom is 0.249 e. The Balaban J connectivity index is 1.35. The average Bonchev–Trinajstić information content (AvgIpc) is 3.23. The Morgan fingerprint density at radius 2 is 1.76 bits per heavy atom. The van der Waals surface area contributed by atoms with Gasteiger partial charge in [0, 0.05) is 12.1 Å². The smallest absolute Gasteiger partial charge is 0.249 e. The van der Waals surface area contributed by atoms with E-state index in [1.807, 2.05) is 18.2 Å². The number of nitrogens with one attached hydrogen (secondary N) is 1. The molecule has 0 radical (unpaired) electrons. The van der Waals surface area contributed by atoms with Crippen LogP contribution in [0.4, 0.5) is 5.13 Å². The van der Waals surface area contributed by atoms with Crippen molar-refractivity contribution in [3.8, 4) is 11.5 Å². The van der Waals surface area contributed by atoms with Crippen molar-refractivity contribution in [2.45, 2.75) is 25.8 Å². The minimum absolute atomic E-state index is 0.265. The predicted octanol–water partition coefficient (Wildman–Crippen LogP) is 2.35. The van der Waals surface area contributed by atoms with Crippen molar-refractivity contribution >= 4 is 44.4 Å². The van der Waals surface area contributed by atoms with E-state index in [2.05, 4.69) is 10.3 Å². The molecule has 0 spiro atoms. The van der Waals surface area contributed by atoms with Gasteiger partial charge < -0.3 is 14.8 Å². The molecular formula is C20H19N3O5S. The number of rotatable bonds is 3. The van der Waals surface area contributed by atoms with Crippen LogP contribution >= 0.6 is 11.3 Å². The number of thiazole rings is 1. The molecular weight excluding hydrogens is 394 g/mol.